The average molecular weight is 433 g/mol. The van der Waals surface area contributed by atoms with Crippen LogP contribution in [-0.4, -0.2) is 29.0 Å². The van der Waals surface area contributed by atoms with Gasteiger partial charge in [0.2, 0.25) is 5.91 Å². The fourth-order valence-electron chi connectivity index (χ4n) is 3.86. The van der Waals surface area contributed by atoms with Gasteiger partial charge in [-0.15, -0.1) is 0 Å². The molecular weight excluding hydrogens is 404 g/mol. The molecule has 1 saturated heterocycles. The van der Waals surface area contributed by atoms with Crippen LogP contribution >= 0.6 is 11.8 Å². The Morgan fingerprint density at radius 3 is 2.61 bits per heavy atom. The summed E-state index contributed by atoms with van der Waals surface area (Å²) in [5.41, 5.74) is 2.35. The number of aryl methyl sites for hydroxylation is 1. The normalized spacial score (nSPS) is 17.2. The Bertz CT molecular complexity index is 1010. The van der Waals surface area contributed by atoms with Crippen molar-refractivity contribution in [1.29, 1.82) is 0 Å². The summed E-state index contributed by atoms with van der Waals surface area (Å²) in [6.07, 6.45) is 5.32. The number of nitrogens with zero attached hydrogens (tertiary/aromatic N) is 3. The molecular formula is C25H28N4OS. The maximum atomic E-state index is 13.0. The molecule has 0 spiro atoms. The average Bonchev–Trinajstić information content (AvgIpc) is 2.81. The highest BCUT2D eigenvalue weighted by atomic mass is 32.2. The van der Waals surface area contributed by atoms with Gasteiger partial charge in [-0.2, -0.15) is 0 Å². The van der Waals surface area contributed by atoms with Crippen molar-refractivity contribution in [2.75, 3.05) is 18.0 Å². The molecule has 1 fully saturated rings. The largest absolute Gasteiger partial charge is 0.354 e. The molecule has 0 bridgehead atoms. The van der Waals surface area contributed by atoms with Gasteiger partial charge in [0, 0.05) is 30.4 Å². The first-order valence-corrected chi connectivity index (χ1v) is 11.6. The number of carbonyl (C=O) groups is 1. The molecule has 0 saturated carbocycles. The third kappa shape index (κ3) is 5.44. The molecule has 5 nitrogen and oxygen atoms in total. The molecule has 2 aromatic carbocycles. The lowest BCUT2D eigenvalue weighted by Gasteiger charge is -2.34. The topological polar surface area (TPSA) is 58.1 Å². The van der Waals surface area contributed by atoms with E-state index >= 15 is 0 Å². The molecule has 0 aliphatic carbocycles. The van der Waals surface area contributed by atoms with Crippen LogP contribution in [0.25, 0.3) is 0 Å². The van der Waals surface area contributed by atoms with Gasteiger partial charge in [0.05, 0.1) is 12.0 Å². The molecule has 2 atom stereocenters. The molecule has 1 aromatic heterocycles. The van der Waals surface area contributed by atoms with E-state index in [0.29, 0.717) is 6.54 Å². The zero-order valence-corrected chi connectivity index (χ0v) is 18.8. The Labute approximate surface area is 188 Å². The fraction of sp³-hybridized carbons (Fsp3) is 0.320. The van der Waals surface area contributed by atoms with Crippen LogP contribution in [0.3, 0.4) is 0 Å². The van der Waals surface area contributed by atoms with Crippen molar-refractivity contribution in [1.82, 2.24) is 15.3 Å². The Morgan fingerprint density at radius 2 is 1.84 bits per heavy atom. The smallest absolute Gasteiger partial charge is 0.225 e. The molecule has 2 heterocycles. The summed E-state index contributed by atoms with van der Waals surface area (Å²) in [5.74, 6) is 0.915. The third-order valence-electron chi connectivity index (χ3n) is 5.63. The zero-order valence-electron chi connectivity index (χ0n) is 18.0. The quantitative estimate of drug-likeness (QED) is 0.592. The van der Waals surface area contributed by atoms with E-state index in [1.165, 1.54) is 5.56 Å². The molecule has 1 aliphatic rings. The Kier molecular flexibility index (Phi) is 6.87. The second-order valence-electron chi connectivity index (χ2n) is 8.03. The van der Waals surface area contributed by atoms with Gasteiger partial charge in [-0.25, -0.2) is 9.97 Å². The van der Waals surface area contributed by atoms with E-state index in [4.69, 9.17) is 0 Å². The number of aromatic nitrogens is 2. The van der Waals surface area contributed by atoms with Crippen molar-refractivity contribution in [2.24, 2.45) is 5.92 Å². The number of anilines is 1. The third-order valence-corrected chi connectivity index (χ3v) is 6.62. The second-order valence-corrected chi connectivity index (χ2v) is 9.09. The summed E-state index contributed by atoms with van der Waals surface area (Å²) in [6, 6.07) is 18.5. The summed E-state index contributed by atoms with van der Waals surface area (Å²) in [5, 5.41) is 4.07. The lowest BCUT2D eigenvalue weighted by molar-refractivity contribution is -0.125. The van der Waals surface area contributed by atoms with Crippen LogP contribution in [0.15, 0.2) is 76.9 Å². The van der Waals surface area contributed by atoms with Crippen LogP contribution < -0.4 is 10.2 Å². The number of benzene rings is 2. The second kappa shape index (κ2) is 9.96. The minimum absolute atomic E-state index is 0.00625. The predicted octanol–water partition coefficient (Wildman–Crippen LogP) is 5.03. The van der Waals surface area contributed by atoms with E-state index in [1.807, 2.05) is 37.3 Å². The van der Waals surface area contributed by atoms with Gasteiger partial charge < -0.3 is 10.2 Å². The van der Waals surface area contributed by atoms with Crippen molar-refractivity contribution in [2.45, 2.75) is 42.7 Å². The minimum Gasteiger partial charge on any atom is -0.354 e. The maximum absolute atomic E-state index is 13.0. The molecule has 0 unspecified atom stereocenters. The van der Waals surface area contributed by atoms with E-state index in [2.05, 4.69) is 51.4 Å². The molecule has 0 radical (unpaired) electrons. The lowest BCUT2D eigenvalue weighted by Crippen LogP contribution is -2.44. The highest BCUT2D eigenvalue weighted by molar-refractivity contribution is 7.99. The first-order valence-electron chi connectivity index (χ1n) is 10.8. The monoisotopic (exact) mass is 432 g/mol. The van der Waals surface area contributed by atoms with Crippen molar-refractivity contribution in [3.63, 3.8) is 0 Å². The fourth-order valence-corrected chi connectivity index (χ4v) is 4.75. The zero-order chi connectivity index (χ0) is 21.6. The van der Waals surface area contributed by atoms with E-state index in [9.17, 15) is 4.79 Å². The predicted molar refractivity (Wildman–Crippen MR) is 125 cm³/mol. The number of hydrogen-bond donors (Lipinski definition) is 1. The van der Waals surface area contributed by atoms with Crippen molar-refractivity contribution >= 4 is 23.5 Å². The lowest BCUT2D eigenvalue weighted by atomic mass is 9.96. The van der Waals surface area contributed by atoms with E-state index in [1.54, 1.807) is 24.2 Å². The first kappa shape index (κ1) is 21.4. The summed E-state index contributed by atoms with van der Waals surface area (Å²) in [4.78, 5) is 25.6. The molecule has 6 heteroatoms. The van der Waals surface area contributed by atoms with Crippen LogP contribution in [0.2, 0.25) is 0 Å². The Morgan fingerprint density at radius 1 is 1.10 bits per heavy atom. The Hall–Kier alpha value is -2.86. The summed E-state index contributed by atoms with van der Waals surface area (Å²) in [7, 11) is 0. The van der Waals surface area contributed by atoms with Gasteiger partial charge >= 0.3 is 0 Å². The van der Waals surface area contributed by atoms with E-state index in [0.717, 1.165) is 40.7 Å². The molecule has 160 valence electrons. The SMILES string of the molecule is Cc1ccc(Sc2nccnc2N2CCC[C@H](C(=O)N[C@H](C)c3ccccc3)C2)cc1. The van der Waals surface area contributed by atoms with E-state index < -0.39 is 0 Å². The highest BCUT2D eigenvalue weighted by Gasteiger charge is 2.29. The number of rotatable bonds is 6. The number of nitrogens with one attached hydrogen (secondary N) is 1. The van der Waals surface area contributed by atoms with Gasteiger partial charge in [0.15, 0.2) is 5.82 Å². The summed E-state index contributed by atoms with van der Waals surface area (Å²) in [6.45, 7) is 5.66. The number of amides is 1. The minimum atomic E-state index is -0.0563. The van der Waals surface area contributed by atoms with Gasteiger partial charge in [0.1, 0.15) is 5.03 Å². The maximum Gasteiger partial charge on any atom is 0.225 e. The van der Waals surface area contributed by atoms with Crippen LogP contribution in [0.1, 0.15) is 36.9 Å². The van der Waals surface area contributed by atoms with Gasteiger partial charge in [-0.3, -0.25) is 4.79 Å². The standard InChI is InChI=1S/C25H28N4OS/c1-18-10-12-22(13-11-18)31-25-23(26-14-15-27-25)29-16-6-9-21(17-29)24(30)28-19(2)20-7-4-3-5-8-20/h3-5,7-8,10-15,19,21H,6,9,16-17H2,1-2H3,(H,28,30)/t19-,21+/m1/s1. The summed E-state index contributed by atoms with van der Waals surface area (Å²) < 4.78 is 0. The molecule has 4 rings (SSSR count). The van der Waals surface area contributed by atoms with Crippen LogP contribution in [0.4, 0.5) is 5.82 Å². The molecule has 31 heavy (non-hydrogen) atoms. The number of piperidine rings is 1. The molecule has 1 amide bonds. The number of hydrogen-bond acceptors (Lipinski definition) is 5. The van der Waals surface area contributed by atoms with Crippen molar-refractivity contribution < 1.29 is 4.79 Å². The van der Waals surface area contributed by atoms with E-state index in [-0.39, 0.29) is 17.9 Å². The van der Waals surface area contributed by atoms with Crippen molar-refractivity contribution in [3.05, 3.63) is 78.1 Å². The molecule has 3 aromatic rings. The summed E-state index contributed by atoms with van der Waals surface area (Å²) >= 11 is 1.62. The van der Waals surface area contributed by atoms with Gasteiger partial charge in [-0.05, 0) is 44.4 Å². The van der Waals surface area contributed by atoms with Crippen LogP contribution in [0, 0.1) is 12.8 Å². The number of carbonyl (C=O) groups excluding carboxylic acids is 1. The van der Waals surface area contributed by atoms with Crippen LogP contribution in [0.5, 0.6) is 0 Å². The van der Waals surface area contributed by atoms with Crippen LogP contribution in [-0.2, 0) is 4.79 Å². The van der Waals surface area contributed by atoms with Gasteiger partial charge in [-0.1, -0.05) is 59.8 Å². The molecule has 1 aliphatic heterocycles. The first-order chi connectivity index (χ1) is 15.1. The molecule has 1 N–H and O–H groups in total. The Balaban J connectivity index is 1.45. The van der Waals surface area contributed by atoms with Crippen molar-refractivity contribution in [3.8, 4) is 0 Å². The highest BCUT2D eigenvalue weighted by Crippen LogP contribution is 2.34. The van der Waals surface area contributed by atoms with Gasteiger partial charge in [0.25, 0.3) is 0 Å².